The molecule has 0 fully saturated rings. The maximum atomic E-state index is 5.64. The summed E-state index contributed by atoms with van der Waals surface area (Å²) >= 11 is 5.21. The van der Waals surface area contributed by atoms with Crippen LogP contribution in [0.25, 0.3) is 0 Å². The molecule has 1 rings (SSSR count). The average Bonchev–Trinajstić information content (AvgIpc) is 2.20. The van der Waals surface area contributed by atoms with Gasteiger partial charge in [0.15, 0.2) is 0 Å². The van der Waals surface area contributed by atoms with E-state index in [1.54, 1.807) is 0 Å². The summed E-state index contributed by atoms with van der Waals surface area (Å²) < 4.78 is 6.63. The smallest absolute Gasteiger partial charge is 0.119 e. The summed E-state index contributed by atoms with van der Waals surface area (Å²) in [5.41, 5.74) is 5.64. The summed E-state index contributed by atoms with van der Waals surface area (Å²) in [7, 11) is 0. The topological polar surface area (TPSA) is 35.2 Å². The molecule has 84 valence electrons. The minimum Gasteiger partial charge on any atom is -0.493 e. The number of hydrogen-bond donors (Lipinski definition) is 1. The molecule has 1 aromatic rings. The largest absolute Gasteiger partial charge is 0.493 e. The van der Waals surface area contributed by atoms with Crippen molar-refractivity contribution >= 4 is 27.7 Å². The van der Waals surface area contributed by atoms with Gasteiger partial charge in [-0.1, -0.05) is 15.9 Å². The summed E-state index contributed by atoms with van der Waals surface area (Å²) in [6, 6.07) is 8.14. The standard InChI is InChI=1S/C11H16BrNOS/c1-9(13)8-15-7-6-14-11-4-2-10(12)3-5-11/h2-5,9H,6-8,13H2,1H3. The van der Waals surface area contributed by atoms with Gasteiger partial charge in [0.05, 0.1) is 6.61 Å². The Labute approximate surface area is 104 Å². The molecule has 0 saturated carbocycles. The van der Waals surface area contributed by atoms with Crippen LogP contribution in [0.3, 0.4) is 0 Å². The molecule has 2 N–H and O–H groups in total. The third-order valence-electron chi connectivity index (χ3n) is 1.69. The van der Waals surface area contributed by atoms with Crippen LogP contribution in [0.15, 0.2) is 28.7 Å². The Balaban J connectivity index is 2.12. The number of ether oxygens (including phenoxy) is 1. The molecule has 0 aliphatic heterocycles. The highest BCUT2D eigenvalue weighted by molar-refractivity contribution is 9.10. The summed E-state index contributed by atoms with van der Waals surface area (Å²) in [5.74, 6) is 2.89. The molecule has 1 aromatic carbocycles. The predicted molar refractivity (Wildman–Crippen MR) is 70.6 cm³/mol. The summed E-state index contributed by atoms with van der Waals surface area (Å²) in [6.45, 7) is 2.75. The molecule has 0 aromatic heterocycles. The van der Waals surface area contributed by atoms with Gasteiger partial charge in [0.2, 0.25) is 0 Å². The van der Waals surface area contributed by atoms with Gasteiger partial charge >= 0.3 is 0 Å². The second-order valence-electron chi connectivity index (χ2n) is 3.35. The summed E-state index contributed by atoms with van der Waals surface area (Å²) in [5, 5.41) is 0. The third-order valence-corrected chi connectivity index (χ3v) is 3.44. The van der Waals surface area contributed by atoms with Gasteiger partial charge in [-0.2, -0.15) is 11.8 Å². The molecule has 0 aliphatic carbocycles. The van der Waals surface area contributed by atoms with Gasteiger partial charge < -0.3 is 10.5 Å². The number of thioether (sulfide) groups is 1. The van der Waals surface area contributed by atoms with Crippen LogP contribution in [-0.2, 0) is 0 Å². The molecule has 1 unspecified atom stereocenters. The van der Waals surface area contributed by atoms with Gasteiger partial charge in [0.1, 0.15) is 5.75 Å². The molecule has 0 bridgehead atoms. The Kier molecular flexibility index (Phi) is 6.13. The van der Waals surface area contributed by atoms with Gasteiger partial charge in [0, 0.05) is 22.0 Å². The highest BCUT2D eigenvalue weighted by Crippen LogP contribution is 2.16. The first kappa shape index (κ1) is 12.9. The highest BCUT2D eigenvalue weighted by atomic mass is 79.9. The first-order valence-corrected chi connectivity index (χ1v) is 6.85. The van der Waals surface area contributed by atoms with E-state index in [1.807, 2.05) is 43.0 Å². The van der Waals surface area contributed by atoms with Crippen LogP contribution >= 0.6 is 27.7 Å². The zero-order valence-corrected chi connectivity index (χ0v) is 11.2. The van der Waals surface area contributed by atoms with E-state index < -0.39 is 0 Å². The predicted octanol–water partition coefficient (Wildman–Crippen LogP) is 2.91. The number of benzene rings is 1. The first-order valence-electron chi connectivity index (χ1n) is 4.90. The summed E-state index contributed by atoms with van der Waals surface area (Å²) in [4.78, 5) is 0. The van der Waals surface area contributed by atoms with Gasteiger partial charge in [-0.25, -0.2) is 0 Å². The van der Waals surface area contributed by atoms with Gasteiger partial charge in [0.25, 0.3) is 0 Å². The quantitative estimate of drug-likeness (QED) is 0.818. The van der Waals surface area contributed by atoms with Crippen molar-refractivity contribution in [3.8, 4) is 5.75 Å². The lowest BCUT2D eigenvalue weighted by atomic mass is 10.3. The maximum absolute atomic E-state index is 5.64. The molecule has 2 nitrogen and oxygen atoms in total. The van der Waals surface area contributed by atoms with Crippen LogP contribution in [0.5, 0.6) is 5.75 Å². The van der Waals surface area contributed by atoms with E-state index in [4.69, 9.17) is 10.5 Å². The van der Waals surface area contributed by atoms with Crippen molar-refractivity contribution in [1.29, 1.82) is 0 Å². The number of hydrogen-bond acceptors (Lipinski definition) is 3. The molecule has 1 atom stereocenters. The van der Waals surface area contributed by atoms with E-state index in [0.29, 0.717) is 0 Å². The first-order chi connectivity index (χ1) is 7.18. The van der Waals surface area contributed by atoms with Crippen LogP contribution in [-0.4, -0.2) is 24.2 Å². The average molecular weight is 290 g/mol. The molecule has 0 heterocycles. The van der Waals surface area contributed by atoms with E-state index in [2.05, 4.69) is 15.9 Å². The van der Waals surface area contributed by atoms with Crippen LogP contribution in [0.2, 0.25) is 0 Å². The molecule has 0 amide bonds. The Hall–Kier alpha value is -0.190. The molecular weight excluding hydrogens is 274 g/mol. The SMILES string of the molecule is CC(N)CSCCOc1ccc(Br)cc1. The zero-order chi connectivity index (χ0) is 11.1. The lowest BCUT2D eigenvalue weighted by Gasteiger charge is -2.07. The summed E-state index contributed by atoms with van der Waals surface area (Å²) in [6.07, 6.45) is 0. The number of halogens is 1. The van der Waals surface area contributed by atoms with Crippen molar-refractivity contribution in [3.63, 3.8) is 0 Å². The van der Waals surface area contributed by atoms with Crippen molar-refractivity contribution in [2.45, 2.75) is 13.0 Å². The fourth-order valence-electron chi connectivity index (χ4n) is 1.02. The Morgan fingerprint density at radius 1 is 1.40 bits per heavy atom. The second kappa shape index (κ2) is 7.14. The molecule has 0 spiro atoms. The van der Waals surface area contributed by atoms with Crippen molar-refractivity contribution in [2.75, 3.05) is 18.1 Å². The van der Waals surface area contributed by atoms with E-state index >= 15 is 0 Å². The van der Waals surface area contributed by atoms with E-state index in [9.17, 15) is 0 Å². The second-order valence-corrected chi connectivity index (χ2v) is 5.42. The van der Waals surface area contributed by atoms with E-state index in [1.165, 1.54) is 0 Å². The van der Waals surface area contributed by atoms with Crippen molar-refractivity contribution in [1.82, 2.24) is 0 Å². The maximum Gasteiger partial charge on any atom is 0.119 e. The van der Waals surface area contributed by atoms with E-state index in [-0.39, 0.29) is 6.04 Å². The number of rotatable bonds is 6. The fraction of sp³-hybridized carbons (Fsp3) is 0.455. The fourth-order valence-corrected chi connectivity index (χ4v) is 2.02. The Morgan fingerprint density at radius 2 is 2.07 bits per heavy atom. The highest BCUT2D eigenvalue weighted by Gasteiger charge is 1.96. The lowest BCUT2D eigenvalue weighted by Crippen LogP contribution is -2.18. The van der Waals surface area contributed by atoms with Crippen molar-refractivity contribution in [2.24, 2.45) is 5.73 Å². The minimum absolute atomic E-state index is 0.266. The zero-order valence-electron chi connectivity index (χ0n) is 8.78. The van der Waals surface area contributed by atoms with E-state index in [0.717, 1.165) is 28.3 Å². The lowest BCUT2D eigenvalue weighted by molar-refractivity contribution is 0.344. The molecular formula is C11H16BrNOS. The molecule has 0 saturated heterocycles. The van der Waals surface area contributed by atoms with Gasteiger partial charge in [-0.05, 0) is 31.2 Å². The van der Waals surface area contributed by atoms with Crippen molar-refractivity contribution < 1.29 is 4.74 Å². The Morgan fingerprint density at radius 3 is 2.67 bits per heavy atom. The van der Waals surface area contributed by atoms with Crippen LogP contribution < -0.4 is 10.5 Å². The van der Waals surface area contributed by atoms with Gasteiger partial charge in [-0.15, -0.1) is 0 Å². The molecule has 0 aliphatic rings. The van der Waals surface area contributed by atoms with Crippen LogP contribution in [0.1, 0.15) is 6.92 Å². The third kappa shape index (κ3) is 6.07. The van der Waals surface area contributed by atoms with Crippen molar-refractivity contribution in [3.05, 3.63) is 28.7 Å². The van der Waals surface area contributed by atoms with Gasteiger partial charge in [-0.3, -0.25) is 0 Å². The molecule has 15 heavy (non-hydrogen) atoms. The normalized spacial score (nSPS) is 12.5. The molecule has 4 heteroatoms. The molecule has 0 radical (unpaired) electrons. The number of nitrogens with two attached hydrogens (primary N) is 1. The Bertz CT molecular complexity index is 276. The van der Waals surface area contributed by atoms with Crippen LogP contribution in [0, 0.1) is 0 Å². The van der Waals surface area contributed by atoms with Crippen LogP contribution in [0.4, 0.5) is 0 Å². The minimum atomic E-state index is 0.266. The monoisotopic (exact) mass is 289 g/mol.